The molecule has 13 heavy (non-hydrogen) atoms. The van der Waals surface area contributed by atoms with Gasteiger partial charge in [0.2, 0.25) is 0 Å². The molecule has 0 radical (unpaired) electrons. The molecule has 2 rings (SSSR count). The minimum absolute atomic E-state index is 0.348. The average molecular weight is 186 g/mol. The van der Waals surface area contributed by atoms with Crippen molar-refractivity contribution in [3.8, 4) is 0 Å². The van der Waals surface area contributed by atoms with Gasteiger partial charge >= 0.3 is 0 Å². The van der Waals surface area contributed by atoms with Gasteiger partial charge in [0.05, 0.1) is 12.7 Å². The molecule has 0 bridgehead atoms. The van der Waals surface area contributed by atoms with Gasteiger partial charge in [-0.25, -0.2) is 4.39 Å². The third-order valence-corrected chi connectivity index (χ3v) is 3.43. The van der Waals surface area contributed by atoms with Crippen LogP contribution in [0.5, 0.6) is 0 Å². The summed E-state index contributed by atoms with van der Waals surface area (Å²) in [7, 11) is 0. The summed E-state index contributed by atoms with van der Waals surface area (Å²) in [5, 5.41) is 0. The lowest BCUT2D eigenvalue weighted by molar-refractivity contribution is -0.0621. The van der Waals surface area contributed by atoms with E-state index < -0.39 is 6.17 Å². The molecule has 2 aliphatic rings. The summed E-state index contributed by atoms with van der Waals surface area (Å²) in [5.41, 5.74) is 0. The molecule has 1 heterocycles. The van der Waals surface area contributed by atoms with E-state index >= 15 is 0 Å². The summed E-state index contributed by atoms with van der Waals surface area (Å²) in [4.78, 5) is 0. The number of ether oxygens (including phenoxy) is 1. The Kier molecular flexibility index (Phi) is 3.20. The standard InChI is InChI=1S/C11H19FO/c12-10-6-7-11(13-8-10)9-4-2-1-3-5-9/h9-11H,1-8H2/t10-,11+/m0/s1. The van der Waals surface area contributed by atoms with Crippen LogP contribution < -0.4 is 0 Å². The lowest BCUT2D eigenvalue weighted by Crippen LogP contribution is -2.33. The molecule has 76 valence electrons. The number of rotatable bonds is 1. The van der Waals surface area contributed by atoms with Crippen molar-refractivity contribution in [1.29, 1.82) is 0 Å². The van der Waals surface area contributed by atoms with Crippen LogP contribution in [0.2, 0.25) is 0 Å². The third-order valence-electron chi connectivity index (χ3n) is 3.43. The van der Waals surface area contributed by atoms with Crippen LogP contribution >= 0.6 is 0 Å². The van der Waals surface area contributed by atoms with Gasteiger partial charge in [-0.1, -0.05) is 19.3 Å². The first-order valence-electron chi connectivity index (χ1n) is 5.62. The predicted molar refractivity (Wildman–Crippen MR) is 50.4 cm³/mol. The fraction of sp³-hybridized carbons (Fsp3) is 1.00. The lowest BCUT2D eigenvalue weighted by atomic mass is 9.83. The Morgan fingerprint density at radius 1 is 0.923 bits per heavy atom. The molecule has 2 fully saturated rings. The highest BCUT2D eigenvalue weighted by atomic mass is 19.1. The highest BCUT2D eigenvalue weighted by molar-refractivity contribution is 4.78. The first-order valence-corrected chi connectivity index (χ1v) is 5.62. The Labute approximate surface area is 79.7 Å². The van der Waals surface area contributed by atoms with E-state index in [4.69, 9.17) is 4.74 Å². The molecule has 0 spiro atoms. The average Bonchev–Trinajstić information content (AvgIpc) is 2.20. The molecule has 2 atom stereocenters. The fourth-order valence-corrected chi connectivity index (χ4v) is 2.62. The predicted octanol–water partition coefficient (Wildman–Crippen LogP) is 3.08. The molecule has 1 nitrogen and oxygen atoms in total. The van der Waals surface area contributed by atoms with Crippen LogP contribution in [-0.2, 0) is 4.74 Å². The van der Waals surface area contributed by atoms with Crippen molar-refractivity contribution in [1.82, 2.24) is 0 Å². The molecule has 1 aliphatic carbocycles. The van der Waals surface area contributed by atoms with Crippen molar-refractivity contribution in [3.63, 3.8) is 0 Å². The van der Waals surface area contributed by atoms with Crippen molar-refractivity contribution in [3.05, 3.63) is 0 Å². The van der Waals surface area contributed by atoms with Gasteiger partial charge in [0.1, 0.15) is 6.17 Å². The van der Waals surface area contributed by atoms with Crippen LogP contribution in [0, 0.1) is 5.92 Å². The molecular weight excluding hydrogens is 167 g/mol. The normalized spacial score (nSPS) is 37.6. The first-order chi connectivity index (χ1) is 6.36. The summed E-state index contributed by atoms with van der Waals surface area (Å²) in [6.45, 7) is 0.348. The first kappa shape index (κ1) is 9.45. The van der Waals surface area contributed by atoms with Gasteiger partial charge in [-0.15, -0.1) is 0 Å². The summed E-state index contributed by atoms with van der Waals surface area (Å²) >= 11 is 0. The van der Waals surface area contributed by atoms with E-state index in [-0.39, 0.29) is 0 Å². The van der Waals surface area contributed by atoms with E-state index in [2.05, 4.69) is 0 Å². The zero-order valence-corrected chi connectivity index (χ0v) is 8.18. The molecule has 0 unspecified atom stereocenters. The van der Waals surface area contributed by atoms with Gasteiger partial charge in [0.15, 0.2) is 0 Å². The summed E-state index contributed by atoms with van der Waals surface area (Å²) in [6.07, 6.45) is 8.06. The fourth-order valence-electron chi connectivity index (χ4n) is 2.62. The molecule has 2 heteroatoms. The summed E-state index contributed by atoms with van der Waals surface area (Å²) in [5.74, 6) is 0.737. The molecule has 1 aliphatic heterocycles. The van der Waals surface area contributed by atoms with E-state index in [9.17, 15) is 4.39 Å². The second-order valence-electron chi connectivity index (χ2n) is 4.44. The van der Waals surface area contributed by atoms with Crippen LogP contribution in [0.1, 0.15) is 44.9 Å². The maximum atomic E-state index is 12.8. The molecular formula is C11H19FO. The Hall–Kier alpha value is -0.110. The van der Waals surface area contributed by atoms with E-state index in [0.29, 0.717) is 12.7 Å². The monoisotopic (exact) mass is 186 g/mol. The van der Waals surface area contributed by atoms with Crippen molar-refractivity contribution < 1.29 is 9.13 Å². The van der Waals surface area contributed by atoms with E-state index in [1.165, 1.54) is 32.1 Å². The highest BCUT2D eigenvalue weighted by Crippen LogP contribution is 2.32. The van der Waals surface area contributed by atoms with Gasteiger partial charge < -0.3 is 4.74 Å². The van der Waals surface area contributed by atoms with Crippen molar-refractivity contribution in [2.45, 2.75) is 57.2 Å². The molecule has 0 N–H and O–H groups in total. The summed E-state index contributed by atoms with van der Waals surface area (Å²) < 4.78 is 18.4. The minimum atomic E-state index is -0.695. The van der Waals surface area contributed by atoms with Crippen molar-refractivity contribution in [2.24, 2.45) is 5.92 Å². The number of hydrogen-bond donors (Lipinski definition) is 0. The Morgan fingerprint density at radius 3 is 2.31 bits per heavy atom. The van der Waals surface area contributed by atoms with Crippen LogP contribution in [0.4, 0.5) is 4.39 Å². The largest absolute Gasteiger partial charge is 0.375 e. The quantitative estimate of drug-likeness (QED) is 0.611. The molecule has 1 saturated heterocycles. The molecule has 0 amide bonds. The SMILES string of the molecule is F[C@H]1CC[C@H](C2CCCCC2)OC1. The topological polar surface area (TPSA) is 9.23 Å². The van der Waals surface area contributed by atoms with Crippen molar-refractivity contribution >= 4 is 0 Å². The van der Waals surface area contributed by atoms with Gasteiger partial charge in [-0.05, 0) is 31.6 Å². The second-order valence-corrected chi connectivity index (χ2v) is 4.44. The van der Waals surface area contributed by atoms with E-state index in [1.54, 1.807) is 0 Å². The van der Waals surface area contributed by atoms with Crippen molar-refractivity contribution in [2.75, 3.05) is 6.61 Å². The van der Waals surface area contributed by atoms with Crippen LogP contribution in [-0.4, -0.2) is 18.9 Å². The molecule has 0 aromatic carbocycles. The van der Waals surface area contributed by atoms with Gasteiger partial charge in [-0.2, -0.15) is 0 Å². The molecule has 0 aromatic rings. The molecule has 1 saturated carbocycles. The minimum Gasteiger partial charge on any atom is -0.375 e. The lowest BCUT2D eigenvalue weighted by Gasteiger charge is -2.33. The molecule has 0 aromatic heterocycles. The zero-order valence-electron chi connectivity index (χ0n) is 8.18. The van der Waals surface area contributed by atoms with E-state index in [0.717, 1.165) is 18.8 Å². The number of halogens is 1. The van der Waals surface area contributed by atoms with E-state index in [1.807, 2.05) is 0 Å². The third kappa shape index (κ3) is 2.43. The Morgan fingerprint density at radius 2 is 1.69 bits per heavy atom. The van der Waals surface area contributed by atoms with Gasteiger partial charge in [0, 0.05) is 0 Å². The second kappa shape index (κ2) is 4.41. The Balaban J connectivity index is 1.79. The zero-order chi connectivity index (χ0) is 9.10. The number of hydrogen-bond acceptors (Lipinski definition) is 1. The van der Waals surface area contributed by atoms with Crippen LogP contribution in [0.3, 0.4) is 0 Å². The Bertz CT molecular complexity index is 146. The van der Waals surface area contributed by atoms with Gasteiger partial charge in [0.25, 0.3) is 0 Å². The maximum absolute atomic E-state index is 12.8. The van der Waals surface area contributed by atoms with Gasteiger partial charge in [-0.3, -0.25) is 0 Å². The highest BCUT2D eigenvalue weighted by Gasteiger charge is 2.28. The number of alkyl halides is 1. The maximum Gasteiger partial charge on any atom is 0.123 e. The van der Waals surface area contributed by atoms with Crippen LogP contribution in [0.25, 0.3) is 0 Å². The summed E-state index contributed by atoms with van der Waals surface area (Å²) in [6, 6.07) is 0. The van der Waals surface area contributed by atoms with Crippen LogP contribution in [0.15, 0.2) is 0 Å². The smallest absolute Gasteiger partial charge is 0.123 e.